The van der Waals surface area contributed by atoms with E-state index in [4.69, 9.17) is 23.7 Å². The van der Waals surface area contributed by atoms with Crippen molar-refractivity contribution in [3.8, 4) is 34.8 Å². The van der Waals surface area contributed by atoms with Crippen molar-refractivity contribution < 1.29 is 33.6 Å². The van der Waals surface area contributed by atoms with Gasteiger partial charge in [0.2, 0.25) is 13.6 Å². The van der Waals surface area contributed by atoms with Gasteiger partial charge in [0.1, 0.15) is 6.61 Å². The number of fused-ring (bicyclic) bond motifs is 2. The Hall–Kier alpha value is -3.37. The zero-order valence-corrected chi connectivity index (χ0v) is 15.2. The first-order chi connectivity index (χ1) is 13.5. The molecule has 2 aliphatic rings. The van der Waals surface area contributed by atoms with E-state index in [1.165, 1.54) is 6.92 Å². The van der Waals surface area contributed by atoms with Crippen LogP contribution in [0.15, 0.2) is 36.4 Å². The van der Waals surface area contributed by atoms with Crippen LogP contribution in [0.3, 0.4) is 0 Å². The third-order valence-electron chi connectivity index (χ3n) is 4.26. The van der Waals surface area contributed by atoms with Gasteiger partial charge in [0.15, 0.2) is 28.6 Å². The summed E-state index contributed by atoms with van der Waals surface area (Å²) in [4.78, 5) is 11.2. The molecule has 2 aromatic rings. The Morgan fingerprint density at radius 1 is 1.04 bits per heavy atom. The Kier molecular flexibility index (Phi) is 4.72. The molecule has 0 amide bonds. The first kappa shape index (κ1) is 18.0. The highest BCUT2D eigenvalue weighted by atomic mass is 16.7. The van der Waals surface area contributed by atoms with Gasteiger partial charge in [0, 0.05) is 18.9 Å². The molecule has 0 saturated heterocycles. The van der Waals surface area contributed by atoms with Crippen LogP contribution >= 0.6 is 0 Å². The third-order valence-corrected chi connectivity index (χ3v) is 4.26. The van der Waals surface area contributed by atoms with Crippen LogP contribution in [0.5, 0.6) is 23.0 Å². The number of carbonyl (C=O) groups is 1. The van der Waals surface area contributed by atoms with Gasteiger partial charge in [-0.3, -0.25) is 4.79 Å². The minimum Gasteiger partial charge on any atom is -0.462 e. The normalized spacial score (nSPS) is 15.4. The molecule has 144 valence electrons. The number of rotatable bonds is 4. The second-order valence-electron chi connectivity index (χ2n) is 6.49. The predicted molar refractivity (Wildman–Crippen MR) is 97.3 cm³/mol. The first-order valence-corrected chi connectivity index (χ1v) is 8.68. The van der Waals surface area contributed by atoms with E-state index >= 15 is 0 Å². The van der Waals surface area contributed by atoms with Crippen LogP contribution in [-0.4, -0.2) is 36.9 Å². The maximum atomic E-state index is 11.2. The molecular weight excluding hydrogens is 364 g/mol. The molecule has 0 aromatic heterocycles. The lowest BCUT2D eigenvalue weighted by Crippen LogP contribution is -2.36. The topological polar surface area (TPSA) is 83.5 Å². The van der Waals surface area contributed by atoms with Crippen molar-refractivity contribution in [1.29, 1.82) is 0 Å². The largest absolute Gasteiger partial charge is 0.462 e. The SMILES string of the molecule is CC(=O)OCC(O)(C#Cc1ccc2c(c1)OCO2)Cc1ccc2c(c1)OCO2. The van der Waals surface area contributed by atoms with E-state index in [0.29, 0.717) is 28.6 Å². The lowest BCUT2D eigenvalue weighted by molar-refractivity contribution is -0.146. The second kappa shape index (κ2) is 7.33. The molecule has 7 heteroatoms. The van der Waals surface area contributed by atoms with Crippen LogP contribution in [0.2, 0.25) is 0 Å². The van der Waals surface area contributed by atoms with E-state index in [1.54, 1.807) is 30.3 Å². The number of carbonyl (C=O) groups excluding carboxylic acids is 1. The Bertz CT molecular complexity index is 972. The molecule has 2 heterocycles. The zero-order valence-electron chi connectivity index (χ0n) is 15.2. The summed E-state index contributed by atoms with van der Waals surface area (Å²) in [6, 6.07) is 10.6. The molecule has 2 aromatic carbocycles. The highest BCUT2D eigenvalue weighted by Crippen LogP contribution is 2.34. The smallest absolute Gasteiger partial charge is 0.302 e. The minimum absolute atomic E-state index is 0.147. The Balaban J connectivity index is 1.58. The zero-order chi connectivity index (χ0) is 19.6. The highest BCUT2D eigenvalue weighted by Gasteiger charge is 2.28. The first-order valence-electron chi connectivity index (χ1n) is 8.68. The van der Waals surface area contributed by atoms with Gasteiger partial charge in [-0.2, -0.15) is 0 Å². The Morgan fingerprint density at radius 2 is 1.68 bits per heavy atom. The lowest BCUT2D eigenvalue weighted by Gasteiger charge is -2.22. The second-order valence-corrected chi connectivity index (χ2v) is 6.49. The van der Waals surface area contributed by atoms with E-state index in [0.717, 1.165) is 5.56 Å². The van der Waals surface area contributed by atoms with Crippen molar-refractivity contribution in [3.63, 3.8) is 0 Å². The van der Waals surface area contributed by atoms with Gasteiger partial charge in [-0.05, 0) is 35.9 Å². The van der Waals surface area contributed by atoms with Crippen LogP contribution in [-0.2, 0) is 16.0 Å². The summed E-state index contributed by atoms with van der Waals surface area (Å²) in [5.74, 6) is 7.79. The van der Waals surface area contributed by atoms with Gasteiger partial charge in [-0.15, -0.1) is 0 Å². The molecular formula is C21H18O7. The van der Waals surface area contributed by atoms with Crippen molar-refractivity contribution in [2.75, 3.05) is 20.2 Å². The van der Waals surface area contributed by atoms with Crippen LogP contribution < -0.4 is 18.9 Å². The van der Waals surface area contributed by atoms with Crippen LogP contribution in [0, 0.1) is 11.8 Å². The minimum atomic E-state index is -1.57. The molecule has 0 spiro atoms. The maximum absolute atomic E-state index is 11.2. The monoisotopic (exact) mass is 382 g/mol. The molecule has 28 heavy (non-hydrogen) atoms. The van der Waals surface area contributed by atoms with Crippen molar-refractivity contribution in [3.05, 3.63) is 47.5 Å². The van der Waals surface area contributed by atoms with E-state index in [2.05, 4.69) is 11.8 Å². The summed E-state index contributed by atoms with van der Waals surface area (Å²) < 4.78 is 26.3. The van der Waals surface area contributed by atoms with Gasteiger partial charge in [-0.1, -0.05) is 17.9 Å². The molecule has 0 bridgehead atoms. The molecule has 1 atom stereocenters. The fourth-order valence-electron chi connectivity index (χ4n) is 2.90. The van der Waals surface area contributed by atoms with E-state index in [-0.39, 0.29) is 26.6 Å². The van der Waals surface area contributed by atoms with Gasteiger partial charge >= 0.3 is 5.97 Å². The fraction of sp³-hybridized carbons (Fsp3) is 0.286. The maximum Gasteiger partial charge on any atom is 0.302 e. The number of benzene rings is 2. The number of esters is 1. The third kappa shape index (κ3) is 3.97. The molecule has 1 N–H and O–H groups in total. The molecule has 2 aliphatic heterocycles. The van der Waals surface area contributed by atoms with E-state index < -0.39 is 11.6 Å². The molecule has 0 radical (unpaired) electrons. The number of aliphatic hydroxyl groups is 1. The Morgan fingerprint density at radius 3 is 2.39 bits per heavy atom. The summed E-state index contributed by atoms with van der Waals surface area (Å²) >= 11 is 0. The van der Waals surface area contributed by atoms with Gasteiger partial charge < -0.3 is 28.8 Å². The molecule has 0 saturated carbocycles. The molecule has 4 rings (SSSR count). The molecule has 1 unspecified atom stereocenters. The van der Waals surface area contributed by atoms with Crippen molar-refractivity contribution in [1.82, 2.24) is 0 Å². The lowest BCUT2D eigenvalue weighted by atomic mass is 9.95. The fourth-order valence-corrected chi connectivity index (χ4v) is 2.90. The van der Waals surface area contributed by atoms with Crippen LogP contribution in [0.25, 0.3) is 0 Å². The van der Waals surface area contributed by atoms with Crippen molar-refractivity contribution >= 4 is 5.97 Å². The average molecular weight is 382 g/mol. The number of ether oxygens (including phenoxy) is 5. The Labute approximate surface area is 161 Å². The van der Waals surface area contributed by atoms with E-state index in [9.17, 15) is 9.90 Å². The predicted octanol–water partition coefficient (Wildman–Crippen LogP) is 2.03. The summed E-state index contributed by atoms with van der Waals surface area (Å²) in [6.45, 7) is 1.37. The van der Waals surface area contributed by atoms with Crippen LogP contribution in [0.4, 0.5) is 0 Å². The van der Waals surface area contributed by atoms with Gasteiger partial charge in [-0.25, -0.2) is 0 Å². The summed E-state index contributed by atoms with van der Waals surface area (Å²) in [7, 11) is 0. The van der Waals surface area contributed by atoms with Crippen LogP contribution in [0.1, 0.15) is 18.1 Å². The van der Waals surface area contributed by atoms with Gasteiger partial charge in [0.25, 0.3) is 0 Å². The molecule has 7 nitrogen and oxygen atoms in total. The van der Waals surface area contributed by atoms with Gasteiger partial charge in [0.05, 0.1) is 0 Å². The number of hydrogen-bond donors (Lipinski definition) is 1. The van der Waals surface area contributed by atoms with Crippen molar-refractivity contribution in [2.24, 2.45) is 0 Å². The standard InChI is InChI=1S/C21H18O7/c1-14(22)24-11-21(23,10-16-3-5-18-20(9-16)28-13-26-18)7-6-15-2-4-17-19(8-15)27-12-25-17/h2-5,8-9,23H,10-13H2,1H3. The summed E-state index contributed by atoms with van der Waals surface area (Å²) in [5, 5.41) is 11.0. The van der Waals surface area contributed by atoms with Crippen molar-refractivity contribution in [2.45, 2.75) is 18.9 Å². The number of hydrogen-bond acceptors (Lipinski definition) is 7. The summed E-state index contributed by atoms with van der Waals surface area (Å²) in [6.07, 6.45) is 0.147. The average Bonchev–Trinajstić information content (AvgIpc) is 3.33. The van der Waals surface area contributed by atoms with E-state index in [1.807, 2.05) is 6.07 Å². The molecule has 0 fully saturated rings. The highest BCUT2D eigenvalue weighted by molar-refractivity contribution is 5.66. The summed E-state index contributed by atoms with van der Waals surface area (Å²) in [5.41, 5.74) is -0.148. The quantitative estimate of drug-likeness (QED) is 0.640. The molecule has 0 aliphatic carbocycles.